The van der Waals surface area contributed by atoms with Crippen molar-refractivity contribution in [1.82, 2.24) is 14.2 Å². The molecule has 0 radical (unpaired) electrons. The lowest BCUT2D eigenvalue weighted by Crippen LogP contribution is -1.93. The average Bonchev–Trinajstić information content (AvgIpc) is 2.83. The smallest absolute Gasteiger partial charge is 0.145 e. The zero-order chi connectivity index (χ0) is 10.3. The van der Waals surface area contributed by atoms with E-state index in [1.54, 1.807) is 10.7 Å². The number of hydrogen-bond donors (Lipinski definition) is 1. The van der Waals surface area contributed by atoms with Gasteiger partial charge in [0.05, 0.1) is 5.52 Å². The normalized spacial score (nSPS) is 10.9. The number of nitrogens with two attached hydrogens (primary N) is 1. The van der Waals surface area contributed by atoms with E-state index < -0.39 is 0 Å². The molecule has 1 aromatic carbocycles. The molecule has 74 valence electrons. The summed E-state index contributed by atoms with van der Waals surface area (Å²) in [6.45, 7) is 0. The molecule has 0 aliphatic rings. The van der Waals surface area contributed by atoms with Gasteiger partial charge in [-0.15, -0.1) is 5.10 Å². The average molecular weight is 216 g/mol. The van der Waals surface area contributed by atoms with Gasteiger partial charge in [0.25, 0.3) is 0 Å². The molecule has 15 heavy (non-hydrogen) atoms. The van der Waals surface area contributed by atoms with Gasteiger partial charge in [-0.3, -0.25) is 0 Å². The summed E-state index contributed by atoms with van der Waals surface area (Å²) < 4.78 is 6.10. The Labute approximate surface area is 90.1 Å². The minimum atomic E-state index is 0.521. The molecule has 0 saturated carbocycles. The van der Waals surface area contributed by atoms with Crippen LogP contribution in [0.5, 0.6) is 0 Å². The van der Waals surface area contributed by atoms with Crippen molar-refractivity contribution in [2.45, 2.75) is 0 Å². The minimum absolute atomic E-state index is 0.521. The Kier molecular flexibility index (Phi) is 1.72. The number of fused-ring (bicyclic) bond motifs is 1. The third-order valence-corrected chi connectivity index (χ3v) is 3.05. The topological polar surface area (TPSA) is 56.7 Å². The van der Waals surface area contributed by atoms with Crippen LogP contribution in [0.15, 0.2) is 36.5 Å². The van der Waals surface area contributed by atoms with E-state index in [1.165, 1.54) is 11.5 Å². The Morgan fingerprint density at radius 3 is 2.87 bits per heavy atom. The Hall–Kier alpha value is -1.88. The summed E-state index contributed by atoms with van der Waals surface area (Å²) in [4.78, 5) is 0. The first-order valence-electron chi connectivity index (χ1n) is 4.50. The number of benzene rings is 1. The molecule has 0 amide bonds. The van der Waals surface area contributed by atoms with Gasteiger partial charge in [-0.25, -0.2) is 4.68 Å². The molecular weight excluding hydrogens is 208 g/mol. The summed E-state index contributed by atoms with van der Waals surface area (Å²) >= 11 is 1.42. The van der Waals surface area contributed by atoms with Crippen molar-refractivity contribution in [1.29, 1.82) is 0 Å². The van der Waals surface area contributed by atoms with Gasteiger partial charge in [-0.05, 0) is 23.7 Å². The van der Waals surface area contributed by atoms with Crippen molar-refractivity contribution in [2.24, 2.45) is 0 Å². The summed E-state index contributed by atoms with van der Waals surface area (Å²) in [5.41, 5.74) is 6.57. The van der Waals surface area contributed by atoms with Gasteiger partial charge in [-0.2, -0.15) is 4.37 Å². The highest BCUT2D eigenvalue weighted by Crippen LogP contribution is 2.25. The van der Waals surface area contributed by atoms with Crippen LogP contribution < -0.4 is 5.73 Å². The molecule has 0 atom stereocenters. The molecule has 0 bridgehead atoms. The van der Waals surface area contributed by atoms with E-state index in [4.69, 9.17) is 5.73 Å². The van der Waals surface area contributed by atoms with Crippen LogP contribution in [0.3, 0.4) is 0 Å². The molecule has 0 saturated heterocycles. The predicted molar refractivity (Wildman–Crippen MR) is 61.2 cm³/mol. The number of hydrogen-bond acceptors (Lipinski definition) is 4. The number of aromatic nitrogens is 3. The fraction of sp³-hybridized carbons (Fsp3) is 0. The van der Waals surface area contributed by atoms with Crippen LogP contribution in [-0.2, 0) is 0 Å². The van der Waals surface area contributed by atoms with E-state index in [9.17, 15) is 0 Å². The maximum absolute atomic E-state index is 5.58. The quantitative estimate of drug-likeness (QED) is 0.677. The second-order valence-electron chi connectivity index (χ2n) is 3.19. The lowest BCUT2D eigenvalue weighted by atomic mass is 10.2. The molecule has 5 heteroatoms. The molecule has 0 aliphatic heterocycles. The number of nitrogen functional groups attached to an aromatic ring is 1. The van der Waals surface area contributed by atoms with Crippen molar-refractivity contribution in [3.63, 3.8) is 0 Å². The van der Waals surface area contributed by atoms with Gasteiger partial charge in [0, 0.05) is 17.6 Å². The van der Waals surface area contributed by atoms with Crippen LogP contribution in [0.1, 0.15) is 0 Å². The summed E-state index contributed by atoms with van der Waals surface area (Å²) in [6, 6.07) is 9.76. The number of nitrogens with zero attached hydrogens (tertiary/aromatic N) is 3. The van der Waals surface area contributed by atoms with Crippen LogP contribution in [0, 0.1) is 0 Å². The molecule has 0 spiro atoms. The highest BCUT2D eigenvalue weighted by Gasteiger charge is 2.07. The molecule has 0 fully saturated rings. The summed E-state index contributed by atoms with van der Waals surface area (Å²) in [7, 11) is 0. The number of rotatable bonds is 1. The Morgan fingerprint density at radius 2 is 2.07 bits per heavy atom. The van der Waals surface area contributed by atoms with Crippen molar-refractivity contribution in [3.8, 4) is 5.00 Å². The monoisotopic (exact) mass is 216 g/mol. The standard InChI is InChI=1S/C10H8N4S/c11-9-5-6-14(12-9)10-7-3-1-2-4-8(7)13-15-10/h1-6H,(H2,11,12). The van der Waals surface area contributed by atoms with E-state index in [-0.39, 0.29) is 0 Å². The molecule has 0 aliphatic carbocycles. The van der Waals surface area contributed by atoms with Crippen LogP contribution >= 0.6 is 11.5 Å². The zero-order valence-corrected chi connectivity index (χ0v) is 8.61. The van der Waals surface area contributed by atoms with Crippen molar-refractivity contribution >= 4 is 28.3 Å². The zero-order valence-electron chi connectivity index (χ0n) is 7.79. The maximum atomic E-state index is 5.58. The van der Waals surface area contributed by atoms with E-state index in [0.29, 0.717) is 5.82 Å². The second-order valence-corrected chi connectivity index (χ2v) is 3.94. The second kappa shape index (κ2) is 3.06. The lowest BCUT2D eigenvalue weighted by Gasteiger charge is -1.95. The number of anilines is 1. The third-order valence-electron chi connectivity index (χ3n) is 2.18. The van der Waals surface area contributed by atoms with Gasteiger partial charge in [0.2, 0.25) is 0 Å². The molecule has 2 N–H and O–H groups in total. The highest BCUT2D eigenvalue weighted by molar-refractivity contribution is 7.10. The summed E-state index contributed by atoms with van der Waals surface area (Å²) in [5.74, 6) is 0.521. The fourth-order valence-electron chi connectivity index (χ4n) is 1.49. The van der Waals surface area contributed by atoms with Crippen molar-refractivity contribution in [2.75, 3.05) is 5.73 Å². The van der Waals surface area contributed by atoms with E-state index >= 15 is 0 Å². The molecule has 2 aromatic heterocycles. The SMILES string of the molecule is Nc1ccn(-c2snc3ccccc23)n1. The first-order chi connectivity index (χ1) is 7.34. The maximum Gasteiger partial charge on any atom is 0.145 e. The van der Waals surface area contributed by atoms with Crippen LogP contribution in [-0.4, -0.2) is 14.2 Å². The fourth-order valence-corrected chi connectivity index (χ4v) is 2.29. The third kappa shape index (κ3) is 1.28. The highest BCUT2D eigenvalue weighted by atomic mass is 32.1. The molecule has 3 rings (SSSR count). The van der Waals surface area contributed by atoms with Crippen molar-refractivity contribution in [3.05, 3.63) is 36.5 Å². The summed E-state index contributed by atoms with van der Waals surface area (Å²) in [5, 5.41) is 6.27. The molecule has 4 nitrogen and oxygen atoms in total. The van der Waals surface area contributed by atoms with Gasteiger partial charge in [0.1, 0.15) is 10.8 Å². The molecule has 3 aromatic rings. The van der Waals surface area contributed by atoms with Gasteiger partial charge >= 0.3 is 0 Å². The van der Waals surface area contributed by atoms with E-state index in [1.807, 2.05) is 30.5 Å². The van der Waals surface area contributed by atoms with E-state index in [2.05, 4.69) is 9.47 Å². The van der Waals surface area contributed by atoms with Crippen LogP contribution in [0.25, 0.3) is 15.9 Å². The Balaban J connectivity index is 2.27. The largest absolute Gasteiger partial charge is 0.382 e. The van der Waals surface area contributed by atoms with Gasteiger partial charge in [0.15, 0.2) is 0 Å². The Morgan fingerprint density at radius 1 is 1.20 bits per heavy atom. The minimum Gasteiger partial charge on any atom is -0.382 e. The van der Waals surface area contributed by atoms with Crippen LogP contribution in [0.4, 0.5) is 5.82 Å². The predicted octanol–water partition coefficient (Wildman–Crippen LogP) is 2.06. The first-order valence-corrected chi connectivity index (χ1v) is 5.28. The van der Waals surface area contributed by atoms with E-state index in [0.717, 1.165) is 15.9 Å². The Bertz CT molecular complexity index is 610. The van der Waals surface area contributed by atoms with Gasteiger partial charge in [-0.1, -0.05) is 12.1 Å². The summed E-state index contributed by atoms with van der Waals surface area (Å²) in [6.07, 6.45) is 1.84. The van der Waals surface area contributed by atoms with Gasteiger partial charge < -0.3 is 5.73 Å². The van der Waals surface area contributed by atoms with Crippen LogP contribution in [0.2, 0.25) is 0 Å². The molecular formula is C10H8N4S. The first kappa shape index (κ1) is 8.43. The molecule has 0 unspecified atom stereocenters. The lowest BCUT2D eigenvalue weighted by molar-refractivity contribution is 0.909. The van der Waals surface area contributed by atoms with Crippen molar-refractivity contribution < 1.29 is 0 Å². The molecule has 2 heterocycles.